The first-order valence-electron chi connectivity index (χ1n) is 7.95. The first-order valence-corrected chi connectivity index (χ1v) is 8.74. The van der Waals surface area contributed by atoms with Gasteiger partial charge in [-0.2, -0.15) is 0 Å². The van der Waals surface area contributed by atoms with Gasteiger partial charge in [0, 0.05) is 10.2 Å². The third-order valence-corrected chi connectivity index (χ3v) is 4.75. The van der Waals surface area contributed by atoms with Crippen LogP contribution in [0.3, 0.4) is 0 Å². The van der Waals surface area contributed by atoms with Crippen LogP contribution in [-0.4, -0.2) is 5.91 Å². The third kappa shape index (κ3) is 3.91. The quantitative estimate of drug-likeness (QED) is 0.657. The van der Waals surface area contributed by atoms with Gasteiger partial charge in [0.15, 0.2) is 0 Å². The zero-order valence-corrected chi connectivity index (χ0v) is 14.6. The lowest BCUT2D eigenvalue weighted by atomic mass is 9.89. The molecule has 1 saturated carbocycles. The summed E-state index contributed by atoms with van der Waals surface area (Å²) in [6.45, 7) is 3.83. The maximum atomic E-state index is 12.8. The van der Waals surface area contributed by atoms with Gasteiger partial charge in [0.25, 0.3) is 0 Å². The molecule has 23 heavy (non-hydrogen) atoms. The van der Waals surface area contributed by atoms with E-state index in [1.54, 1.807) is 0 Å². The van der Waals surface area contributed by atoms with E-state index < -0.39 is 0 Å². The first kappa shape index (κ1) is 16.0. The van der Waals surface area contributed by atoms with Crippen molar-refractivity contribution in [3.8, 4) is 0 Å². The number of carbonyl (C=O) groups excluding carboxylic acids is 1. The normalized spacial score (nSPS) is 15.0. The van der Waals surface area contributed by atoms with E-state index in [-0.39, 0.29) is 11.8 Å². The lowest BCUT2D eigenvalue weighted by Crippen LogP contribution is -2.21. The van der Waals surface area contributed by atoms with E-state index in [0.717, 1.165) is 15.7 Å². The van der Waals surface area contributed by atoms with E-state index >= 15 is 0 Å². The summed E-state index contributed by atoms with van der Waals surface area (Å²) in [7, 11) is 0. The molecule has 0 radical (unpaired) electrons. The Balaban J connectivity index is 1.84. The fraction of sp³-hybridized carbons (Fsp3) is 0.250. The van der Waals surface area contributed by atoms with Gasteiger partial charge < -0.3 is 5.32 Å². The van der Waals surface area contributed by atoms with Crippen molar-refractivity contribution in [3.05, 3.63) is 76.8 Å². The van der Waals surface area contributed by atoms with Gasteiger partial charge in [-0.25, -0.2) is 0 Å². The van der Waals surface area contributed by atoms with E-state index in [0.29, 0.717) is 12.3 Å². The summed E-state index contributed by atoms with van der Waals surface area (Å²) < 4.78 is 0.997. The van der Waals surface area contributed by atoms with Crippen molar-refractivity contribution < 1.29 is 4.79 Å². The molecule has 2 aromatic carbocycles. The molecule has 1 fully saturated rings. The van der Waals surface area contributed by atoms with Gasteiger partial charge >= 0.3 is 0 Å². The van der Waals surface area contributed by atoms with Crippen molar-refractivity contribution in [1.29, 1.82) is 0 Å². The van der Waals surface area contributed by atoms with E-state index in [1.807, 2.05) is 36.4 Å². The van der Waals surface area contributed by atoms with Crippen molar-refractivity contribution in [2.75, 3.05) is 5.32 Å². The molecular formula is C20H20BrNO. The lowest BCUT2D eigenvalue weighted by Gasteiger charge is -2.19. The maximum Gasteiger partial charge on any atom is 0.232 e. The van der Waals surface area contributed by atoms with Crippen LogP contribution < -0.4 is 5.32 Å². The minimum absolute atomic E-state index is 0.0281. The Morgan fingerprint density at radius 1 is 1.22 bits per heavy atom. The Hall–Kier alpha value is -1.87. The van der Waals surface area contributed by atoms with Crippen LogP contribution in [0.2, 0.25) is 0 Å². The van der Waals surface area contributed by atoms with Gasteiger partial charge in [0.2, 0.25) is 5.91 Å². The lowest BCUT2D eigenvalue weighted by molar-refractivity contribution is -0.117. The highest BCUT2D eigenvalue weighted by Gasteiger charge is 2.30. The molecule has 0 aliphatic heterocycles. The summed E-state index contributed by atoms with van der Waals surface area (Å²) in [5, 5.41) is 3.03. The van der Waals surface area contributed by atoms with Gasteiger partial charge in [-0.1, -0.05) is 46.3 Å². The molecule has 2 nitrogen and oxygen atoms in total. The Morgan fingerprint density at radius 2 is 1.91 bits per heavy atom. The second-order valence-corrected chi connectivity index (χ2v) is 6.89. The largest absolute Gasteiger partial charge is 0.326 e. The number of hydrogen-bond donors (Lipinski definition) is 1. The number of benzene rings is 2. The van der Waals surface area contributed by atoms with Crippen molar-refractivity contribution in [1.82, 2.24) is 0 Å². The molecule has 3 rings (SSSR count). The van der Waals surface area contributed by atoms with E-state index in [4.69, 9.17) is 0 Å². The van der Waals surface area contributed by atoms with E-state index in [2.05, 4.69) is 46.0 Å². The molecule has 118 valence electrons. The van der Waals surface area contributed by atoms with E-state index in [1.165, 1.54) is 18.4 Å². The Bertz CT molecular complexity index is 704. The minimum atomic E-state index is -0.187. The first-order chi connectivity index (χ1) is 11.2. The number of rotatable bonds is 6. The number of halogens is 1. The number of anilines is 1. The highest BCUT2D eigenvalue weighted by Crippen LogP contribution is 2.43. The van der Waals surface area contributed by atoms with Crippen LogP contribution in [0.15, 0.2) is 65.7 Å². The van der Waals surface area contributed by atoms with Crippen molar-refractivity contribution in [2.24, 2.45) is 0 Å². The number of hydrogen-bond acceptors (Lipinski definition) is 1. The van der Waals surface area contributed by atoms with Crippen LogP contribution >= 0.6 is 15.9 Å². The average molecular weight is 370 g/mol. The fourth-order valence-electron chi connectivity index (χ4n) is 2.90. The third-order valence-electron chi connectivity index (χ3n) is 4.22. The molecule has 1 unspecified atom stereocenters. The van der Waals surface area contributed by atoms with Crippen LogP contribution in [0.5, 0.6) is 0 Å². The molecule has 1 amide bonds. The Morgan fingerprint density at radius 3 is 2.57 bits per heavy atom. The van der Waals surface area contributed by atoms with Crippen molar-refractivity contribution in [2.45, 2.75) is 31.1 Å². The zero-order chi connectivity index (χ0) is 16.2. The molecule has 1 N–H and O–H groups in total. The minimum Gasteiger partial charge on any atom is -0.326 e. The molecule has 0 saturated heterocycles. The fourth-order valence-corrected chi connectivity index (χ4v) is 3.16. The summed E-state index contributed by atoms with van der Waals surface area (Å²) >= 11 is 3.41. The molecule has 1 aliphatic rings. The summed E-state index contributed by atoms with van der Waals surface area (Å²) in [6.07, 6.45) is 4.93. The average Bonchev–Trinajstić information content (AvgIpc) is 3.39. The standard InChI is InChI=1S/C20H20BrNO/c1-2-5-19(18-7-4-3-6-17(18)14-8-9-14)20(23)22-16-12-10-15(21)11-13-16/h2-4,6-7,10-14,19H,1,5,8-9H2,(H,22,23). The Kier molecular flexibility index (Phi) is 4.97. The number of amides is 1. The number of allylic oxidation sites excluding steroid dienone is 1. The summed E-state index contributed by atoms with van der Waals surface area (Å²) in [4.78, 5) is 12.8. The molecule has 0 heterocycles. The van der Waals surface area contributed by atoms with Crippen LogP contribution in [0.4, 0.5) is 5.69 Å². The van der Waals surface area contributed by atoms with Gasteiger partial charge in [0.05, 0.1) is 5.92 Å². The monoisotopic (exact) mass is 369 g/mol. The highest BCUT2D eigenvalue weighted by atomic mass is 79.9. The summed E-state index contributed by atoms with van der Waals surface area (Å²) in [5.41, 5.74) is 3.28. The molecule has 0 spiro atoms. The van der Waals surface area contributed by atoms with Crippen molar-refractivity contribution >= 4 is 27.5 Å². The second kappa shape index (κ2) is 7.14. The SMILES string of the molecule is C=CCC(C(=O)Nc1ccc(Br)cc1)c1ccccc1C1CC1. The van der Waals surface area contributed by atoms with Gasteiger partial charge in [0.1, 0.15) is 0 Å². The predicted molar refractivity (Wildman–Crippen MR) is 98.7 cm³/mol. The van der Waals surface area contributed by atoms with Gasteiger partial charge in [-0.05, 0) is 60.6 Å². The number of nitrogens with one attached hydrogen (secondary N) is 1. The molecule has 0 bridgehead atoms. The highest BCUT2D eigenvalue weighted by molar-refractivity contribution is 9.10. The second-order valence-electron chi connectivity index (χ2n) is 5.98. The maximum absolute atomic E-state index is 12.8. The molecular weight excluding hydrogens is 350 g/mol. The number of carbonyl (C=O) groups is 1. The van der Waals surface area contributed by atoms with Crippen LogP contribution in [0, 0.1) is 0 Å². The van der Waals surface area contributed by atoms with Crippen LogP contribution in [0.1, 0.15) is 42.2 Å². The van der Waals surface area contributed by atoms with Crippen LogP contribution in [-0.2, 0) is 4.79 Å². The van der Waals surface area contributed by atoms with Crippen molar-refractivity contribution in [3.63, 3.8) is 0 Å². The molecule has 1 atom stereocenters. The van der Waals surface area contributed by atoms with Gasteiger partial charge in [-0.15, -0.1) is 6.58 Å². The molecule has 2 aromatic rings. The topological polar surface area (TPSA) is 29.1 Å². The van der Waals surface area contributed by atoms with Gasteiger partial charge in [-0.3, -0.25) is 4.79 Å². The molecule has 0 aromatic heterocycles. The molecule has 1 aliphatic carbocycles. The Labute approximate surface area is 145 Å². The smallest absolute Gasteiger partial charge is 0.232 e. The summed E-state index contributed by atoms with van der Waals surface area (Å²) in [5.74, 6) is 0.465. The van der Waals surface area contributed by atoms with E-state index in [9.17, 15) is 4.79 Å². The predicted octanol–water partition coefficient (Wildman–Crippen LogP) is 5.62. The summed E-state index contributed by atoms with van der Waals surface area (Å²) in [6, 6.07) is 16.0. The van der Waals surface area contributed by atoms with Crippen LogP contribution in [0.25, 0.3) is 0 Å². The zero-order valence-electron chi connectivity index (χ0n) is 13.0. The molecule has 3 heteroatoms.